The number of carbonyl (C=O) groups is 1. The first-order chi connectivity index (χ1) is 14.4. The first-order valence-corrected chi connectivity index (χ1v) is 11.8. The molecule has 0 saturated carbocycles. The van der Waals surface area contributed by atoms with Crippen LogP contribution in [0.3, 0.4) is 0 Å². The van der Waals surface area contributed by atoms with Crippen molar-refractivity contribution >= 4 is 5.91 Å². The normalized spacial score (nSPS) is 27.7. The molecule has 6 nitrogen and oxygen atoms in total. The van der Waals surface area contributed by atoms with Gasteiger partial charge in [-0.3, -0.25) is 14.5 Å². The van der Waals surface area contributed by atoms with E-state index in [2.05, 4.69) is 46.2 Å². The number of aromatic nitrogens is 1. The van der Waals surface area contributed by atoms with Crippen molar-refractivity contribution in [1.29, 1.82) is 0 Å². The Morgan fingerprint density at radius 3 is 2.77 bits per heavy atom. The number of piperidine rings is 1. The van der Waals surface area contributed by atoms with Crippen LogP contribution in [0.5, 0.6) is 0 Å². The van der Waals surface area contributed by atoms with Crippen LogP contribution < -0.4 is 5.56 Å². The predicted molar refractivity (Wildman–Crippen MR) is 120 cm³/mol. The maximum absolute atomic E-state index is 13.2. The lowest BCUT2D eigenvalue weighted by Crippen LogP contribution is -2.53. The Morgan fingerprint density at radius 1 is 1.13 bits per heavy atom. The van der Waals surface area contributed by atoms with E-state index in [0.29, 0.717) is 18.4 Å². The third-order valence-electron chi connectivity index (χ3n) is 7.36. The van der Waals surface area contributed by atoms with Crippen LogP contribution in [-0.4, -0.2) is 78.0 Å². The number of hydrogen-bond donors (Lipinski definition) is 0. The van der Waals surface area contributed by atoms with Crippen molar-refractivity contribution in [2.45, 2.75) is 51.5 Å². The van der Waals surface area contributed by atoms with Crippen LogP contribution in [0, 0.1) is 11.8 Å². The van der Waals surface area contributed by atoms with Crippen molar-refractivity contribution in [3.05, 3.63) is 34.2 Å². The summed E-state index contributed by atoms with van der Waals surface area (Å²) in [6.45, 7) is 10.7. The summed E-state index contributed by atoms with van der Waals surface area (Å²) < 4.78 is 2.08. The molecule has 6 heteroatoms. The minimum atomic E-state index is 0.129. The van der Waals surface area contributed by atoms with Gasteiger partial charge in [-0.05, 0) is 63.7 Å². The molecular weight excluding hydrogens is 376 g/mol. The van der Waals surface area contributed by atoms with Gasteiger partial charge < -0.3 is 14.4 Å². The number of fused-ring (bicyclic) bond motifs is 4. The van der Waals surface area contributed by atoms with Gasteiger partial charge >= 0.3 is 0 Å². The summed E-state index contributed by atoms with van der Waals surface area (Å²) >= 11 is 0. The van der Waals surface area contributed by atoms with Gasteiger partial charge in [0.25, 0.3) is 5.56 Å². The monoisotopic (exact) mass is 414 g/mol. The molecule has 1 aromatic heterocycles. The Kier molecular flexibility index (Phi) is 6.63. The zero-order valence-electron chi connectivity index (χ0n) is 18.9. The van der Waals surface area contributed by atoms with Crippen LogP contribution >= 0.6 is 0 Å². The second-order valence-corrected chi connectivity index (χ2v) is 10.1. The van der Waals surface area contributed by atoms with Crippen molar-refractivity contribution < 1.29 is 4.79 Å². The zero-order chi connectivity index (χ0) is 21.3. The average molecular weight is 415 g/mol. The summed E-state index contributed by atoms with van der Waals surface area (Å²) in [6.07, 6.45) is 4.36. The van der Waals surface area contributed by atoms with E-state index in [1.54, 1.807) is 6.07 Å². The van der Waals surface area contributed by atoms with Crippen molar-refractivity contribution in [3.63, 3.8) is 0 Å². The number of rotatable bonds is 5. The molecular formula is C24H38N4O2. The van der Waals surface area contributed by atoms with E-state index in [1.165, 1.54) is 0 Å². The second-order valence-electron chi connectivity index (χ2n) is 10.1. The second kappa shape index (κ2) is 9.23. The highest BCUT2D eigenvalue weighted by Gasteiger charge is 2.41. The van der Waals surface area contributed by atoms with Gasteiger partial charge in [-0.25, -0.2) is 0 Å². The molecule has 4 rings (SSSR count). The molecule has 0 aromatic carbocycles. The first-order valence-electron chi connectivity index (χ1n) is 11.8. The molecule has 2 fully saturated rings. The largest absolute Gasteiger partial charge is 0.341 e. The smallest absolute Gasteiger partial charge is 0.250 e. The van der Waals surface area contributed by atoms with Crippen LogP contribution in [0.2, 0.25) is 0 Å². The van der Waals surface area contributed by atoms with E-state index >= 15 is 0 Å². The van der Waals surface area contributed by atoms with E-state index in [9.17, 15) is 9.59 Å². The van der Waals surface area contributed by atoms with Crippen molar-refractivity contribution in [2.75, 3.05) is 52.9 Å². The number of hydrogen-bond acceptors (Lipinski definition) is 4. The van der Waals surface area contributed by atoms with Crippen LogP contribution in [0.1, 0.15) is 57.2 Å². The molecule has 0 unspecified atom stereocenters. The summed E-state index contributed by atoms with van der Waals surface area (Å²) in [5.74, 6) is 1.55. The molecule has 0 aliphatic carbocycles. The van der Waals surface area contributed by atoms with Crippen LogP contribution in [0.4, 0.5) is 0 Å². The highest BCUT2D eigenvalue weighted by atomic mass is 16.2. The Hall–Kier alpha value is -1.66. The lowest BCUT2D eigenvalue weighted by Gasteiger charge is -2.47. The molecule has 0 spiro atoms. The van der Waals surface area contributed by atoms with Gasteiger partial charge in [-0.1, -0.05) is 19.9 Å². The fourth-order valence-corrected chi connectivity index (χ4v) is 5.67. The number of likely N-dealkylation sites (N-methyl/N-ethyl adjacent to an activating group) is 1. The topological polar surface area (TPSA) is 48.8 Å². The lowest BCUT2D eigenvalue weighted by atomic mass is 9.76. The maximum Gasteiger partial charge on any atom is 0.250 e. The van der Waals surface area contributed by atoms with E-state index in [-0.39, 0.29) is 23.4 Å². The van der Waals surface area contributed by atoms with Crippen molar-refractivity contribution in [3.8, 4) is 0 Å². The van der Waals surface area contributed by atoms with Gasteiger partial charge in [0.05, 0.1) is 6.54 Å². The molecule has 3 aliphatic rings. The van der Waals surface area contributed by atoms with E-state index < -0.39 is 0 Å². The predicted octanol–water partition coefficient (Wildman–Crippen LogP) is 2.41. The quantitative estimate of drug-likeness (QED) is 0.742. The molecule has 0 radical (unpaired) electrons. The molecule has 166 valence electrons. The number of nitrogens with zero attached hydrogens (tertiary/aromatic N) is 4. The standard InChI is InChI=1S/C24H38N4O2/c1-18(2)8-9-22-20-14-19(21-6-4-7-23(29)28(21)22)15-27(16-20)24(30)17-26-11-5-10-25(3)12-13-26/h4,6-7,18-20,22H,5,8-17H2,1-3H3/t19-,20+,22+/m1/s1. The van der Waals surface area contributed by atoms with Gasteiger partial charge in [0.15, 0.2) is 0 Å². The molecule has 30 heavy (non-hydrogen) atoms. The molecule has 2 saturated heterocycles. The molecule has 1 amide bonds. The Bertz CT molecular complexity index is 805. The first kappa shape index (κ1) is 21.6. The average Bonchev–Trinajstić information content (AvgIpc) is 2.92. The van der Waals surface area contributed by atoms with Crippen molar-refractivity contribution in [1.82, 2.24) is 19.3 Å². The fraction of sp³-hybridized carbons (Fsp3) is 0.750. The van der Waals surface area contributed by atoms with Gasteiger partial charge in [-0.2, -0.15) is 0 Å². The summed E-state index contributed by atoms with van der Waals surface area (Å²) in [5.41, 5.74) is 1.27. The Morgan fingerprint density at radius 2 is 1.97 bits per heavy atom. The molecule has 0 N–H and O–H groups in total. The maximum atomic E-state index is 13.2. The molecule has 1 aromatic rings. The van der Waals surface area contributed by atoms with Gasteiger partial charge in [-0.15, -0.1) is 0 Å². The lowest BCUT2D eigenvalue weighted by molar-refractivity contribution is -0.135. The van der Waals surface area contributed by atoms with Gasteiger partial charge in [0.1, 0.15) is 0 Å². The minimum Gasteiger partial charge on any atom is -0.341 e. The van der Waals surface area contributed by atoms with Crippen LogP contribution in [0.25, 0.3) is 0 Å². The number of amides is 1. The van der Waals surface area contributed by atoms with E-state index in [4.69, 9.17) is 0 Å². The molecule has 3 aliphatic heterocycles. The Labute approximate surface area is 180 Å². The summed E-state index contributed by atoms with van der Waals surface area (Å²) in [6, 6.07) is 5.92. The Balaban J connectivity index is 1.50. The molecule has 4 heterocycles. The minimum absolute atomic E-state index is 0.129. The van der Waals surface area contributed by atoms with Crippen LogP contribution in [-0.2, 0) is 4.79 Å². The van der Waals surface area contributed by atoms with Gasteiger partial charge in [0, 0.05) is 49.9 Å². The molecule has 3 atom stereocenters. The fourth-order valence-electron chi connectivity index (χ4n) is 5.67. The molecule has 2 bridgehead atoms. The summed E-state index contributed by atoms with van der Waals surface area (Å²) in [7, 11) is 2.16. The number of carbonyl (C=O) groups excluding carboxylic acids is 1. The SMILES string of the molecule is CC(C)CC[C@H]1[C@H]2C[C@H](CN(C(=O)CN3CCCN(C)CC3)C2)c2cccc(=O)n21. The van der Waals surface area contributed by atoms with Crippen LogP contribution in [0.15, 0.2) is 23.0 Å². The summed E-state index contributed by atoms with van der Waals surface area (Å²) in [4.78, 5) is 32.8. The highest BCUT2D eigenvalue weighted by Crippen LogP contribution is 2.43. The van der Waals surface area contributed by atoms with E-state index in [0.717, 1.165) is 70.6 Å². The third kappa shape index (κ3) is 4.65. The third-order valence-corrected chi connectivity index (χ3v) is 7.36. The number of likely N-dealkylation sites (tertiary alicyclic amines) is 1. The number of pyridine rings is 1. The zero-order valence-corrected chi connectivity index (χ0v) is 18.9. The highest BCUT2D eigenvalue weighted by molar-refractivity contribution is 5.78. The van der Waals surface area contributed by atoms with Crippen molar-refractivity contribution in [2.24, 2.45) is 11.8 Å². The van der Waals surface area contributed by atoms with E-state index in [1.807, 2.05) is 6.07 Å². The summed E-state index contributed by atoms with van der Waals surface area (Å²) in [5, 5.41) is 0. The van der Waals surface area contributed by atoms with Gasteiger partial charge in [0.2, 0.25) is 5.91 Å².